The van der Waals surface area contributed by atoms with E-state index in [0.717, 1.165) is 80.3 Å². The summed E-state index contributed by atoms with van der Waals surface area (Å²) >= 11 is 12.9. The average molecular weight is 539 g/mol. The number of ether oxygens (including phenoxy) is 1. The third kappa shape index (κ3) is 4.86. The number of fused-ring (bicyclic) bond motifs is 2. The molecule has 4 aromatic rings. The minimum atomic E-state index is -0.325. The van der Waals surface area contributed by atoms with Crippen LogP contribution >= 0.6 is 23.2 Å². The number of hydrogen-bond donors (Lipinski definition) is 2. The molecule has 1 atom stereocenters. The monoisotopic (exact) mass is 538 g/mol. The first-order chi connectivity index (χ1) is 18.0. The fraction of sp³-hybridized carbons (Fsp3) is 0.370. The number of H-pyrrole nitrogens is 1. The smallest absolute Gasteiger partial charge is 0.251 e. The van der Waals surface area contributed by atoms with E-state index in [1.165, 1.54) is 5.69 Å². The van der Waals surface area contributed by atoms with Gasteiger partial charge in [0.25, 0.3) is 5.91 Å². The fourth-order valence-corrected chi connectivity index (χ4v) is 5.61. The molecule has 1 aliphatic heterocycles. The molecular formula is C27H28Cl2N6O2. The molecule has 1 saturated heterocycles. The highest BCUT2D eigenvalue weighted by molar-refractivity contribution is 6.32. The van der Waals surface area contributed by atoms with Gasteiger partial charge in [-0.3, -0.25) is 14.3 Å². The van der Waals surface area contributed by atoms with Gasteiger partial charge in [-0.15, -0.1) is 0 Å². The predicted octanol–water partition coefficient (Wildman–Crippen LogP) is 4.87. The molecule has 8 nitrogen and oxygen atoms in total. The Morgan fingerprint density at radius 2 is 1.97 bits per heavy atom. The van der Waals surface area contributed by atoms with Crippen LogP contribution in [0.4, 0.5) is 0 Å². The summed E-state index contributed by atoms with van der Waals surface area (Å²) < 4.78 is 7.70. The number of carbonyl (C=O) groups is 1. The molecule has 2 aliphatic rings. The van der Waals surface area contributed by atoms with Crippen molar-refractivity contribution in [1.29, 1.82) is 0 Å². The van der Waals surface area contributed by atoms with Crippen LogP contribution in [0.15, 0.2) is 36.4 Å². The van der Waals surface area contributed by atoms with Crippen molar-refractivity contribution < 1.29 is 9.53 Å². The first-order valence-corrected chi connectivity index (χ1v) is 13.4. The highest BCUT2D eigenvalue weighted by atomic mass is 35.5. The first-order valence-electron chi connectivity index (χ1n) is 12.6. The van der Waals surface area contributed by atoms with E-state index in [4.69, 9.17) is 32.9 Å². The minimum Gasteiger partial charge on any atom is -0.379 e. The van der Waals surface area contributed by atoms with E-state index in [1.807, 2.05) is 31.2 Å². The Labute approximate surface area is 224 Å². The fourth-order valence-electron chi connectivity index (χ4n) is 5.17. The Bertz CT molecular complexity index is 1470. The number of morpholine rings is 1. The van der Waals surface area contributed by atoms with E-state index < -0.39 is 0 Å². The van der Waals surface area contributed by atoms with Crippen LogP contribution in [0.3, 0.4) is 0 Å². The second-order valence-corrected chi connectivity index (χ2v) is 10.5. The van der Waals surface area contributed by atoms with Crippen molar-refractivity contribution in [1.82, 2.24) is 29.7 Å². The molecule has 37 heavy (non-hydrogen) atoms. The number of rotatable bonds is 6. The number of aromatic nitrogens is 4. The van der Waals surface area contributed by atoms with Crippen molar-refractivity contribution in [3.63, 3.8) is 0 Å². The van der Waals surface area contributed by atoms with Crippen LogP contribution in [0, 0.1) is 0 Å². The van der Waals surface area contributed by atoms with Crippen molar-refractivity contribution in [2.75, 3.05) is 26.3 Å². The molecule has 6 rings (SSSR count). The Hall–Kier alpha value is -2.91. The maximum atomic E-state index is 13.1. The van der Waals surface area contributed by atoms with Crippen molar-refractivity contribution in [2.45, 2.75) is 38.8 Å². The van der Waals surface area contributed by atoms with Crippen molar-refractivity contribution in [3.05, 3.63) is 75.0 Å². The molecule has 192 valence electrons. The molecule has 1 amide bonds. The van der Waals surface area contributed by atoms with Crippen LogP contribution in [0.25, 0.3) is 16.7 Å². The van der Waals surface area contributed by atoms with Gasteiger partial charge in [0.15, 0.2) is 0 Å². The van der Waals surface area contributed by atoms with Gasteiger partial charge in [-0.05, 0) is 62.6 Å². The molecule has 2 aromatic heterocycles. The van der Waals surface area contributed by atoms with Crippen LogP contribution in [-0.2, 0) is 24.1 Å². The van der Waals surface area contributed by atoms with E-state index in [9.17, 15) is 4.79 Å². The Morgan fingerprint density at radius 1 is 1.14 bits per heavy atom. The highest BCUT2D eigenvalue weighted by Crippen LogP contribution is 2.31. The van der Waals surface area contributed by atoms with E-state index in [1.54, 1.807) is 12.1 Å². The van der Waals surface area contributed by atoms with E-state index in [0.29, 0.717) is 21.4 Å². The summed E-state index contributed by atoms with van der Waals surface area (Å²) in [6, 6.07) is 10.6. The van der Waals surface area contributed by atoms with E-state index in [2.05, 4.69) is 24.8 Å². The number of benzene rings is 2. The molecule has 2 N–H and O–H groups in total. The number of amides is 1. The van der Waals surface area contributed by atoms with Crippen LogP contribution in [0.5, 0.6) is 0 Å². The molecule has 0 unspecified atom stereocenters. The van der Waals surface area contributed by atoms with E-state index >= 15 is 0 Å². The molecular weight excluding hydrogens is 511 g/mol. The van der Waals surface area contributed by atoms with Crippen LogP contribution in [-0.4, -0.2) is 56.6 Å². The van der Waals surface area contributed by atoms with E-state index in [-0.39, 0.29) is 11.9 Å². The normalized spacial score (nSPS) is 16.7. The van der Waals surface area contributed by atoms with Crippen molar-refractivity contribution in [2.24, 2.45) is 0 Å². The lowest BCUT2D eigenvalue weighted by atomic mass is 10.1. The molecule has 0 bridgehead atoms. The Balaban J connectivity index is 1.23. The summed E-state index contributed by atoms with van der Waals surface area (Å²) in [7, 11) is 0. The molecule has 2 aromatic carbocycles. The van der Waals surface area contributed by atoms with Gasteiger partial charge in [0.1, 0.15) is 11.6 Å². The zero-order chi connectivity index (χ0) is 25.5. The summed E-state index contributed by atoms with van der Waals surface area (Å²) in [6.45, 7) is 5.90. The molecule has 0 saturated carbocycles. The number of hydrogen-bond acceptors (Lipinski definition) is 5. The third-order valence-corrected chi connectivity index (χ3v) is 7.63. The lowest BCUT2D eigenvalue weighted by Gasteiger charge is -2.26. The molecule has 3 heterocycles. The number of nitrogens with one attached hydrogen (secondary N) is 2. The molecule has 0 radical (unpaired) electrons. The molecule has 0 spiro atoms. The van der Waals surface area contributed by atoms with Crippen LogP contribution in [0.1, 0.15) is 52.8 Å². The minimum absolute atomic E-state index is 0.219. The van der Waals surface area contributed by atoms with Gasteiger partial charge in [0.05, 0.1) is 53.2 Å². The van der Waals surface area contributed by atoms with Crippen molar-refractivity contribution in [3.8, 4) is 5.69 Å². The maximum Gasteiger partial charge on any atom is 0.251 e. The SMILES string of the molecule is C[C@H](NC(=O)c1ccc(-n2c(CN3CCOCC3)nc3c2CCC3)c(Cl)c1)c1nc2ccc(Cl)cc2[nH]1. The number of carbonyl (C=O) groups excluding carboxylic acids is 1. The zero-order valence-electron chi connectivity index (χ0n) is 20.6. The third-order valence-electron chi connectivity index (χ3n) is 7.09. The summed E-state index contributed by atoms with van der Waals surface area (Å²) in [5, 5.41) is 4.17. The van der Waals surface area contributed by atoms with Crippen LogP contribution < -0.4 is 5.32 Å². The molecule has 1 aliphatic carbocycles. The molecule has 1 fully saturated rings. The standard InChI is InChI=1S/C27H28Cl2N6O2/c1-16(26-32-20-7-6-18(28)14-22(20)33-26)30-27(36)17-5-8-23(19(29)13-17)35-24-4-2-3-21(24)31-25(35)15-34-9-11-37-12-10-34/h5-8,13-14,16H,2-4,9-12,15H2,1H3,(H,30,36)(H,32,33)/t16-/m0/s1. The van der Waals surface area contributed by atoms with Gasteiger partial charge in [0.2, 0.25) is 0 Å². The van der Waals surface area contributed by atoms with Gasteiger partial charge >= 0.3 is 0 Å². The maximum absolute atomic E-state index is 13.1. The van der Waals surface area contributed by atoms with Crippen LogP contribution in [0.2, 0.25) is 10.0 Å². The van der Waals surface area contributed by atoms with Crippen molar-refractivity contribution >= 4 is 40.1 Å². The zero-order valence-corrected chi connectivity index (χ0v) is 22.1. The topological polar surface area (TPSA) is 88.1 Å². The second-order valence-electron chi connectivity index (χ2n) is 9.64. The summed E-state index contributed by atoms with van der Waals surface area (Å²) in [5.74, 6) is 1.43. The molecule has 10 heteroatoms. The number of imidazole rings is 2. The van der Waals surface area contributed by atoms with Gasteiger partial charge in [-0.1, -0.05) is 23.2 Å². The quantitative estimate of drug-likeness (QED) is 0.365. The van der Waals surface area contributed by atoms with Gasteiger partial charge in [-0.25, -0.2) is 9.97 Å². The number of aromatic amines is 1. The summed E-state index contributed by atoms with van der Waals surface area (Å²) in [4.78, 5) is 28.3. The number of halogens is 2. The Kier molecular flexibility index (Phi) is 6.67. The predicted molar refractivity (Wildman–Crippen MR) is 144 cm³/mol. The first kappa shape index (κ1) is 24.4. The van der Waals surface area contributed by atoms with Gasteiger partial charge in [-0.2, -0.15) is 0 Å². The van der Waals surface area contributed by atoms with Gasteiger partial charge < -0.3 is 15.0 Å². The lowest BCUT2D eigenvalue weighted by molar-refractivity contribution is 0.0328. The highest BCUT2D eigenvalue weighted by Gasteiger charge is 2.26. The Morgan fingerprint density at radius 3 is 2.78 bits per heavy atom. The summed E-state index contributed by atoms with van der Waals surface area (Å²) in [5.41, 5.74) is 5.36. The summed E-state index contributed by atoms with van der Waals surface area (Å²) in [6.07, 6.45) is 3.06. The second kappa shape index (κ2) is 10.1. The average Bonchev–Trinajstić information content (AvgIpc) is 3.59. The lowest BCUT2D eigenvalue weighted by Crippen LogP contribution is -2.36. The largest absolute Gasteiger partial charge is 0.379 e. The number of nitrogens with zero attached hydrogens (tertiary/aromatic N) is 4. The van der Waals surface area contributed by atoms with Gasteiger partial charge in [0, 0.05) is 29.4 Å². The number of aryl methyl sites for hydroxylation is 1.